The minimum Gasteiger partial charge on any atom is -0.338 e. The monoisotopic (exact) mass is 419 g/mol. The maximum atomic E-state index is 5.46. The third-order valence-corrected chi connectivity index (χ3v) is 6.00. The highest BCUT2D eigenvalue weighted by molar-refractivity contribution is 7.98. The van der Waals surface area contributed by atoms with Crippen LogP contribution in [0.25, 0.3) is 22.8 Å². The number of nitrogens with zero attached hydrogens (tertiary/aromatic N) is 5. The van der Waals surface area contributed by atoms with Gasteiger partial charge in [0.2, 0.25) is 11.7 Å². The molecule has 2 heterocycles. The molecule has 154 valence electrons. The summed E-state index contributed by atoms with van der Waals surface area (Å²) in [6, 6.07) is 16.5. The van der Waals surface area contributed by atoms with Crippen molar-refractivity contribution < 1.29 is 4.52 Å². The van der Waals surface area contributed by atoms with Gasteiger partial charge in [-0.05, 0) is 30.9 Å². The normalized spacial score (nSPS) is 11.4. The van der Waals surface area contributed by atoms with Crippen molar-refractivity contribution in [1.82, 2.24) is 24.9 Å². The predicted octanol–water partition coefficient (Wildman–Crippen LogP) is 5.74. The second-order valence-corrected chi connectivity index (χ2v) is 8.38. The molecule has 0 unspecified atom stereocenters. The van der Waals surface area contributed by atoms with Gasteiger partial charge in [0, 0.05) is 17.7 Å². The molecule has 0 bridgehead atoms. The number of benzene rings is 2. The van der Waals surface area contributed by atoms with Crippen molar-refractivity contribution in [3.05, 3.63) is 65.5 Å². The van der Waals surface area contributed by atoms with Crippen molar-refractivity contribution in [3.8, 4) is 22.8 Å². The fraction of sp³-hybridized carbons (Fsp3) is 0.304. The lowest BCUT2D eigenvalue weighted by atomic mass is 10.0. The average molecular weight is 420 g/mol. The molecule has 30 heavy (non-hydrogen) atoms. The highest BCUT2D eigenvalue weighted by Gasteiger charge is 2.16. The van der Waals surface area contributed by atoms with Gasteiger partial charge in [0.1, 0.15) is 0 Å². The first-order valence-electron chi connectivity index (χ1n) is 10.1. The van der Waals surface area contributed by atoms with E-state index in [-0.39, 0.29) is 0 Å². The minimum atomic E-state index is 0.497. The van der Waals surface area contributed by atoms with Crippen LogP contribution in [0.1, 0.15) is 43.7 Å². The maximum absolute atomic E-state index is 5.46. The molecule has 0 aliphatic rings. The molecule has 0 spiro atoms. The fourth-order valence-corrected chi connectivity index (χ4v) is 4.12. The van der Waals surface area contributed by atoms with Gasteiger partial charge in [0.25, 0.3) is 0 Å². The van der Waals surface area contributed by atoms with E-state index in [0.717, 1.165) is 28.7 Å². The Labute approximate surface area is 180 Å². The highest BCUT2D eigenvalue weighted by atomic mass is 32.2. The first-order chi connectivity index (χ1) is 14.6. The van der Waals surface area contributed by atoms with Gasteiger partial charge >= 0.3 is 0 Å². The second kappa shape index (κ2) is 8.83. The van der Waals surface area contributed by atoms with Crippen LogP contribution >= 0.6 is 11.8 Å². The van der Waals surface area contributed by atoms with Gasteiger partial charge in [0.05, 0.1) is 5.75 Å². The molecule has 6 nitrogen and oxygen atoms in total. The summed E-state index contributed by atoms with van der Waals surface area (Å²) in [6.45, 7) is 9.33. The average Bonchev–Trinajstić information content (AvgIpc) is 3.39. The molecule has 4 aromatic rings. The number of hydrogen-bond acceptors (Lipinski definition) is 6. The molecule has 0 radical (unpaired) electrons. The molecular weight excluding hydrogens is 394 g/mol. The predicted molar refractivity (Wildman–Crippen MR) is 119 cm³/mol. The van der Waals surface area contributed by atoms with Crippen molar-refractivity contribution in [2.75, 3.05) is 0 Å². The number of hydrogen-bond donors (Lipinski definition) is 0. The Bertz CT molecular complexity index is 1130. The van der Waals surface area contributed by atoms with Crippen LogP contribution in [0.2, 0.25) is 0 Å². The number of thioether (sulfide) groups is 1. The zero-order valence-corrected chi connectivity index (χ0v) is 18.5. The largest absolute Gasteiger partial charge is 0.338 e. The van der Waals surface area contributed by atoms with Crippen molar-refractivity contribution >= 4 is 11.8 Å². The van der Waals surface area contributed by atoms with Crippen LogP contribution in [0.3, 0.4) is 0 Å². The van der Waals surface area contributed by atoms with E-state index in [9.17, 15) is 0 Å². The third-order valence-electron chi connectivity index (χ3n) is 5.05. The van der Waals surface area contributed by atoms with Crippen LogP contribution in [0.4, 0.5) is 0 Å². The molecule has 0 fully saturated rings. The number of rotatable bonds is 7. The summed E-state index contributed by atoms with van der Waals surface area (Å²) in [4.78, 5) is 4.55. The first kappa shape index (κ1) is 20.3. The van der Waals surface area contributed by atoms with Gasteiger partial charge in [0.15, 0.2) is 11.0 Å². The fourth-order valence-electron chi connectivity index (χ4n) is 3.28. The molecule has 2 aromatic carbocycles. The standard InChI is InChI=1S/C23H25N5OS/c1-5-28-22(19-9-7-6-8-16(19)4)25-26-23(28)30-14-20-24-21(27-29-20)18-12-10-17(11-13-18)15(2)3/h6-13,15H,5,14H2,1-4H3. The van der Waals surface area contributed by atoms with E-state index >= 15 is 0 Å². The van der Waals surface area contributed by atoms with Crippen LogP contribution in [-0.2, 0) is 12.3 Å². The number of aryl methyl sites for hydroxylation is 1. The summed E-state index contributed by atoms with van der Waals surface area (Å²) in [6.07, 6.45) is 0. The Kier molecular flexibility index (Phi) is 5.99. The van der Waals surface area contributed by atoms with Crippen LogP contribution < -0.4 is 0 Å². The van der Waals surface area contributed by atoms with Crippen LogP contribution in [0, 0.1) is 6.92 Å². The Balaban J connectivity index is 1.49. The quantitative estimate of drug-likeness (QED) is 0.356. The van der Waals surface area contributed by atoms with E-state index in [2.05, 4.69) is 76.9 Å². The van der Waals surface area contributed by atoms with Gasteiger partial charge in [-0.1, -0.05) is 79.3 Å². The molecule has 0 atom stereocenters. The summed E-state index contributed by atoms with van der Waals surface area (Å²) in [7, 11) is 0. The summed E-state index contributed by atoms with van der Waals surface area (Å²) in [5.41, 5.74) is 4.53. The Morgan fingerprint density at radius 3 is 2.50 bits per heavy atom. The zero-order chi connectivity index (χ0) is 21.1. The van der Waals surface area contributed by atoms with Gasteiger partial charge in [-0.15, -0.1) is 10.2 Å². The molecular formula is C23H25N5OS. The van der Waals surface area contributed by atoms with Crippen molar-refractivity contribution in [3.63, 3.8) is 0 Å². The molecule has 0 N–H and O–H groups in total. The maximum Gasteiger partial charge on any atom is 0.237 e. The highest BCUT2D eigenvalue weighted by Crippen LogP contribution is 2.28. The van der Waals surface area contributed by atoms with Crippen LogP contribution in [0.5, 0.6) is 0 Å². The lowest BCUT2D eigenvalue weighted by Crippen LogP contribution is -2.00. The van der Waals surface area contributed by atoms with E-state index in [1.54, 1.807) is 11.8 Å². The van der Waals surface area contributed by atoms with Crippen molar-refractivity contribution in [1.29, 1.82) is 0 Å². The lowest BCUT2D eigenvalue weighted by Gasteiger charge is -2.08. The van der Waals surface area contributed by atoms with E-state index in [0.29, 0.717) is 23.4 Å². The van der Waals surface area contributed by atoms with E-state index in [4.69, 9.17) is 4.52 Å². The third kappa shape index (κ3) is 4.16. The van der Waals surface area contributed by atoms with Gasteiger partial charge in [-0.25, -0.2) is 0 Å². The van der Waals surface area contributed by atoms with Gasteiger partial charge in [-0.3, -0.25) is 0 Å². The smallest absolute Gasteiger partial charge is 0.237 e. The summed E-state index contributed by atoms with van der Waals surface area (Å²) in [5.74, 6) is 3.11. The molecule has 2 aromatic heterocycles. The van der Waals surface area contributed by atoms with Gasteiger partial charge in [-0.2, -0.15) is 4.98 Å². The lowest BCUT2D eigenvalue weighted by molar-refractivity contribution is 0.391. The van der Waals surface area contributed by atoms with Crippen LogP contribution in [-0.4, -0.2) is 24.9 Å². The minimum absolute atomic E-state index is 0.497. The molecule has 0 aliphatic heterocycles. The van der Waals surface area contributed by atoms with E-state index in [1.807, 2.05) is 24.3 Å². The Morgan fingerprint density at radius 2 is 1.80 bits per heavy atom. The number of aromatic nitrogens is 5. The summed E-state index contributed by atoms with van der Waals surface area (Å²) in [5, 5.41) is 13.8. The first-order valence-corrected chi connectivity index (χ1v) is 11.1. The summed E-state index contributed by atoms with van der Waals surface area (Å²) < 4.78 is 7.58. The van der Waals surface area contributed by atoms with Crippen molar-refractivity contribution in [2.45, 2.75) is 51.1 Å². The molecule has 0 aliphatic carbocycles. The second-order valence-electron chi connectivity index (χ2n) is 7.44. The van der Waals surface area contributed by atoms with E-state index < -0.39 is 0 Å². The molecule has 0 saturated heterocycles. The van der Waals surface area contributed by atoms with E-state index in [1.165, 1.54) is 11.1 Å². The van der Waals surface area contributed by atoms with Gasteiger partial charge < -0.3 is 9.09 Å². The zero-order valence-electron chi connectivity index (χ0n) is 17.7. The molecule has 4 rings (SSSR count). The van der Waals surface area contributed by atoms with Crippen LogP contribution in [0.15, 0.2) is 58.2 Å². The molecule has 0 saturated carbocycles. The summed E-state index contributed by atoms with van der Waals surface area (Å²) >= 11 is 1.55. The Hall–Kier alpha value is -2.93. The SMILES string of the molecule is CCn1c(SCc2nc(-c3ccc(C(C)C)cc3)no2)nnc1-c1ccccc1C. The Morgan fingerprint density at radius 1 is 1.03 bits per heavy atom. The molecule has 7 heteroatoms. The van der Waals surface area contributed by atoms with Crippen molar-refractivity contribution in [2.24, 2.45) is 0 Å². The molecule has 0 amide bonds. The topological polar surface area (TPSA) is 69.6 Å².